The monoisotopic (exact) mass is 378 g/mol. The number of carbonyl (C=O) groups excluding carboxylic acids is 1. The number of aromatic nitrogens is 3. The fraction of sp³-hybridized carbons (Fsp3) is 0.150. The minimum Gasteiger partial charge on any atom is -0.467 e. The normalized spacial score (nSPS) is 11.0. The molecule has 0 atom stereocenters. The number of thioether (sulfide) groups is 1. The molecular weight excluding hydrogens is 360 g/mol. The summed E-state index contributed by atoms with van der Waals surface area (Å²) in [6.45, 7) is 2.44. The maximum absolute atomic E-state index is 12.1. The maximum Gasteiger partial charge on any atom is 0.230 e. The Hall–Kier alpha value is -3.06. The van der Waals surface area contributed by atoms with Gasteiger partial charge >= 0.3 is 0 Å². The third kappa shape index (κ3) is 4.03. The minimum atomic E-state index is -0.0709. The number of furan rings is 1. The van der Waals surface area contributed by atoms with E-state index in [-0.39, 0.29) is 11.7 Å². The molecule has 3 aromatic heterocycles. The lowest BCUT2D eigenvalue weighted by Gasteiger charge is -2.04. The van der Waals surface area contributed by atoms with Gasteiger partial charge in [0, 0.05) is 18.0 Å². The van der Waals surface area contributed by atoms with E-state index in [0.29, 0.717) is 6.54 Å². The lowest BCUT2D eigenvalue weighted by Crippen LogP contribution is -2.24. The Morgan fingerprint density at radius 1 is 1.26 bits per heavy atom. The summed E-state index contributed by atoms with van der Waals surface area (Å²) in [6, 6.07) is 13.9. The van der Waals surface area contributed by atoms with Crippen LogP contribution in [0.3, 0.4) is 0 Å². The van der Waals surface area contributed by atoms with E-state index in [4.69, 9.17) is 4.42 Å². The van der Waals surface area contributed by atoms with Gasteiger partial charge in [-0.2, -0.15) is 5.10 Å². The van der Waals surface area contributed by atoms with Crippen LogP contribution in [0.4, 0.5) is 0 Å². The van der Waals surface area contributed by atoms with Crippen molar-refractivity contribution in [1.82, 2.24) is 19.9 Å². The number of nitrogens with one attached hydrogen (secondary N) is 1. The fourth-order valence-corrected chi connectivity index (χ4v) is 3.46. The molecule has 1 amide bonds. The Labute approximate surface area is 160 Å². The molecule has 0 radical (unpaired) electrons. The van der Waals surface area contributed by atoms with Crippen LogP contribution in [0.5, 0.6) is 0 Å². The zero-order valence-corrected chi connectivity index (χ0v) is 15.6. The highest BCUT2D eigenvalue weighted by Crippen LogP contribution is 2.26. The van der Waals surface area contributed by atoms with Crippen LogP contribution in [0.25, 0.3) is 16.8 Å². The number of benzene rings is 1. The number of hydrogen-bond donors (Lipinski definition) is 1. The average molecular weight is 378 g/mol. The molecule has 136 valence electrons. The van der Waals surface area contributed by atoms with Crippen LogP contribution >= 0.6 is 11.8 Å². The average Bonchev–Trinajstić information content (AvgIpc) is 3.35. The summed E-state index contributed by atoms with van der Waals surface area (Å²) < 4.78 is 7.01. The first-order chi connectivity index (χ1) is 13.2. The van der Waals surface area contributed by atoms with Crippen LogP contribution in [0, 0.1) is 6.92 Å². The molecule has 0 aliphatic heterocycles. The zero-order valence-electron chi connectivity index (χ0n) is 14.8. The van der Waals surface area contributed by atoms with Crippen molar-refractivity contribution in [2.45, 2.75) is 18.5 Å². The topological polar surface area (TPSA) is 72.4 Å². The van der Waals surface area contributed by atoms with E-state index in [1.807, 2.05) is 18.3 Å². The lowest BCUT2D eigenvalue weighted by atomic mass is 10.1. The van der Waals surface area contributed by atoms with Gasteiger partial charge < -0.3 is 9.73 Å². The third-order valence-corrected chi connectivity index (χ3v) is 5.08. The van der Waals surface area contributed by atoms with Crippen LogP contribution in [0.1, 0.15) is 11.3 Å². The van der Waals surface area contributed by atoms with Crippen molar-refractivity contribution in [3.63, 3.8) is 0 Å². The van der Waals surface area contributed by atoms with Gasteiger partial charge in [0.2, 0.25) is 5.91 Å². The predicted molar refractivity (Wildman–Crippen MR) is 104 cm³/mol. The molecule has 0 saturated heterocycles. The summed E-state index contributed by atoms with van der Waals surface area (Å²) in [5, 5.41) is 8.23. The predicted octanol–water partition coefficient (Wildman–Crippen LogP) is 3.71. The molecule has 1 N–H and O–H groups in total. The standard InChI is InChI=1S/C20H18N4O2S/c1-14-4-6-15(7-5-14)17-11-18-20(21-8-9-24(18)23-17)27-13-19(25)22-12-16-3-2-10-26-16/h2-11H,12-13H2,1H3,(H,22,25). The first-order valence-electron chi connectivity index (χ1n) is 8.52. The summed E-state index contributed by atoms with van der Waals surface area (Å²) >= 11 is 1.39. The largest absolute Gasteiger partial charge is 0.467 e. The highest BCUT2D eigenvalue weighted by atomic mass is 32.2. The van der Waals surface area contributed by atoms with Gasteiger partial charge in [-0.05, 0) is 25.1 Å². The van der Waals surface area contributed by atoms with E-state index < -0.39 is 0 Å². The van der Waals surface area contributed by atoms with Crippen molar-refractivity contribution in [1.29, 1.82) is 0 Å². The third-order valence-electron chi connectivity index (χ3n) is 4.08. The molecule has 0 unspecified atom stereocenters. The van der Waals surface area contributed by atoms with E-state index in [2.05, 4.69) is 46.6 Å². The quantitative estimate of drug-likeness (QED) is 0.518. The number of rotatable bonds is 6. The number of amides is 1. The van der Waals surface area contributed by atoms with Crippen molar-refractivity contribution >= 4 is 23.2 Å². The van der Waals surface area contributed by atoms with Gasteiger partial charge in [0.05, 0.1) is 29.8 Å². The second kappa shape index (κ2) is 7.67. The molecule has 0 bridgehead atoms. The number of aryl methyl sites for hydroxylation is 1. The minimum absolute atomic E-state index is 0.0709. The van der Waals surface area contributed by atoms with Gasteiger partial charge in [-0.1, -0.05) is 41.6 Å². The molecule has 4 aromatic rings. The van der Waals surface area contributed by atoms with Crippen molar-refractivity contribution in [2.75, 3.05) is 5.75 Å². The summed E-state index contributed by atoms with van der Waals surface area (Å²) in [5.74, 6) is 0.934. The van der Waals surface area contributed by atoms with Gasteiger partial charge in [0.25, 0.3) is 0 Å². The molecule has 27 heavy (non-hydrogen) atoms. The summed E-state index contributed by atoms with van der Waals surface area (Å²) in [5.41, 5.74) is 4.03. The zero-order chi connectivity index (χ0) is 18.6. The Bertz CT molecular complexity index is 1060. The van der Waals surface area contributed by atoms with Gasteiger partial charge in [-0.3, -0.25) is 4.79 Å². The second-order valence-corrected chi connectivity index (χ2v) is 7.07. The smallest absolute Gasteiger partial charge is 0.230 e. The SMILES string of the molecule is Cc1ccc(-c2cc3c(SCC(=O)NCc4ccco4)nccn3n2)cc1. The Balaban J connectivity index is 1.47. The van der Waals surface area contributed by atoms with Crippen LogP contribution in [-0.2, 0) is 11.3 Å². The second-order valence-electron chi connectivity index (χ2n) is 6.10. The Kier molecular flexibility index (Phi) is 4.93. The molecule has 0 spiro atoms. The van der Waals surface area contributed by atoms with Crippen LogP contribution < -0.4 is 5.32 Å². The van der Waals surface area contributed by atoms with E-state index in [1.54, 1.807) is 23.0 Å². The summed E-state index contributed by atoms with van der Waals surface area (Å²) in [7, 11) is 0. The first kappa shape index (κ1) is 17.4. The number of fused-ring (bicyclic) bond motifs is 1. The van der Waals surface area contributed by atoms with E-state index in [1.165, 1.54) is 17.3 Å². The van der Waals surface area contributed by atoms with Crippen molar-refractivity contribution in [3.8, 4) is 11.3 Å². The van der Waals surface area contributed by atoms with E-state index in [9.17, 15) is 4.79 Å². The van der Waals surface area contributed by atoms with Crippen molar-refractivity contribution in [3.05, 3.63) is 72.4 Å². The Morgan fingerprint density at radius 2 is 2.11 bits per heavy atom. The molecule has 0 saturated carbocycles. The van der Waals surface area contributed by atoms with Crippen molar-refractivity contribution < 1.29 is 9.21 Å². The van der Waals surface area contributed by atoms with Gasteiger partial charge in [0.1, 0.15) is 10.8 Å². The fourth-order valence-electron chi connectivity index (χ4n) is 2.66. The lowest BCUT2D eigenvalue weighted by molar-refractivity contribution is -0.118. The Morgan fingerprint density at radius 3 is 2.89 bits per heavy atom. The maximum atomic E-state index is 12.1. The molecule has 0 aliphatic carbocycles. The number of nitrogens with zero attached hydrogens (tertiary/aromatic N) is 3. The number of hydrogen-bond acceptors (Lipinski definition) is 5. The molecule has 4 rings (SSSR count). The molecule has 1 aromatic carbocycles. The summed E-state index contributed by atoms with van der Waals surface area (Å²) in [4.78, 5) is 16.5. The van der Waals surface area contributed by atoms with E-state index in [0.717, 1.165) is 27.6 Å². The van der Waals surface area contributed by atoms with Gasteiger partial charge in [0.15, 0.2) is 0 Å². The van der Waals surface area contributed by atoms with Crippen molar-refractivity contribution in [2.24, 2.45) is 0 Å². The molecule has 0 aliphatic rings. The molecule has 7 heteroatoms. The van der Waals surface area contributed by atoms with E-state index >= 15 is 0 Å². The molecule has 6 nitrogen and oxygen atoms in total. The molecule has 0 fully saturated rings. The van der Waals surface area contributed by atoms with Gasteiger partial charge in [-0.15, -0.1) is 0 Å². The van der Waals surface area contributed by atoms with Gasteiger partial charge in [-0.25, -0.2) is 9.50 Å². The highest BCUT2D eigenvalue weighted by Gasteiger charge is 2.11. The molecular formula is C20H18N4O2S. The van der Waals surface area contributed by atoms with Crippen LogP contribution in [-0.4, -0.2) is 26.3 Å². The first-order valence-corrected chi connectivity index (χ1v) is 9.51. The van der Waals surface area contributed by atoms with Crippen LogP contribution in [0.15, 0.2) is 70.6 Å². The summed E-state index contributed by atoms with van der Waals surface area (Å²) in [6.07, 6.45) is 5.10. The molecule has 3 heterocycles. The van der Waals surface area contributed by atoms with Crippen LogP contribution in [0.2, 0.25) is 0 Å². The highest BCUT2D eigenvalue weighted by molar-refractivity contribution is 8.00. The number of carbonyl (C=O) groups is 1.